The van der Waals surface area contributed by atoms with Gasteiger partial charge in [-0.15, -0.1) is 0 Å². The van der Waals surface area contributed by atoms with Crippen molar-refractivity contribution in [3.8, 4) is 11.3 Å². The Balaban J connectivity index is 2.61. The van der Waals surface area contributed by atoms with Crippen molar-refractivity contribution in [3.63, 3.8) is 0 Å². The van der Waals surface area contributed by atoms with Crippen molar-refractivity contribution in [1.29, 1.82) is 0 Å². The van der Waals surface area contributed by atoms with Crippen molar-refractivity contribution in [2.45, 2.75) is 11.8 Å². The van der Waals surface area contributed by atoms with E-state index >= 15 is 0 Å². The molecular formula is C12H12N2O2S. The minimum Gasteiger partial charge on any atom is -0.256 e. The number of pyridine rings is 1. The summed E-state index contributed by atoms with van der Waals surface area (Å²) in [6.45, 7) is 1.71. The number of sulfonamides is 1. The molecule has 4 nitrogen and oxygen atoms in total. The van der Waals surface area contributed by atoms with Crippen molar-refractivity contribution in [2.75, 3.05) is 0 Å². The average molecular weight is 248 g/mol. The maximum absolute atomic E-state index is 11.4. The highest BCUT2D eigenvalue weighted by molar-refractivity contribution is 7.89. The van der Waals surface area contributed by atoms with Gasteiger partial charge in [-0.1, -0.05) is 18.2 Å². The molecular weight excluding hydrogens is 236 g/mol. The monoisotopic (exact) mass is 248 g/mol. The SMILES string of the molecule is Cc1ccc(-c2ccccn2)cc1S(N)(=O)=O. The van der Waals surface area contributed by atoms with E-state index in [-0.39, 0.29) is 4.90 Å². The lowest BCUT2D eigenvalue weighted by Crippen LogP contribution is -2.13. The smallest absolute Gasteiger partial charge is 0.238 e. The van der Waals surface area contributed by atoms with Crippen LogP contribution < -0.4 is 5.14 Å². The van der Waals surface area contributed by atoms with E-state index in [1.165, 1.54) is 0 Å². The number of hydrogen-bond donors (Lipinski definition) is 1. The molecule has 2 N–H and O–H groups in total. The van der Waals surface area contributed by atoms with Gasteiger partial charge in [-0.05, 0) is 30.7 Å². The maximum atomic E-state index is 11.4. The van der Waals surface area contributed by atoms with E-state index in [1.54, 1.807) is 31.3 Å². The molecule has 0 atom stereocenters. The molecule has 2 aromatic rings. The molecule has 0 aliphatic carbocycles. The number of benzene rings is 1. The molecule has 1 aromatic carbocycles. The number of aromatic nitrogens is 1. The Morgan fingerprint density at radius 1 is 1.18 bits per heavy atom. The largest absolute Gasteiger partial charge is 0.256 e. The van der Waals surface area contributed by atoms with Gasteiger partial charge in [-0.3, -0.25) is 4.98 Å². The first kappa shape index (κ1) is 11.8. The zero-order chi connectivity index (χ0) is 12.5. The molecule has 88 valence electrons. The van der Waals surface area contributed by atoms with Gasteiger partial charge in [0.1, 0.15) is 0 Å². The second-order valence-corrected chi connectivity index (χ2v) is 5.27. The van der Waals surface area contributed by atoms with E-state index in [9.17, 15) is 8.42 Å². The average Bonchev–Trinajstić information content (AvgIpc) is 2.29. The van der Waals surface area contributed by atoms with Crippen LogP contribution in [0.5, 0.6) is 0 Å². The first-order valence-electron chi connectivity index (χ1n) is 5.03. The number of hydrogen-bond acceptors (Lipinski definition) is 3. The summed E-state index contributed by atoms with van der Waals surface area (Å²) in [6, 6.07) is 10.6. The van der Waals surface area contributed by atoms with Gasteiger partial charge in [0, 0.05) is 11.8 Å². The summed E-state index contributed by atoms with van der Waals surface area (Å²) < 4.78 is 22.8. The molecule has 1 aromatic heterocycles. The molecule has 0 saturated heterocycles. The maximum Gasteiger partial charge on any atom is 0.238 e. The predicted octanol–water partition coefficient (Wildman–Crippen LogP) is 1.70. The number of nitrogens with zero attached hydrogens (tertiary/aromatic N) is 1. The minimum atomic E-state index is -3.69. The van der Waals surface area contributed by atoms with E-state index in [2.05, 4.69) is 4.98 Å². The summed E-state index contributed by atoms with van der Waals surface area (Å²) in [5, 5.41) is 5.16. The molecule has 1 heterocycles. The summed E-state index contributed by atoms with van der Waals surface area (Å²) in [5.41, 5.74) is 2.09. The van der Waals surface area contributed by atoms with Gasteiger partial charge in [0.25, 0.3) is 0 Å². The number of rotatable bonds is 2. The quantitative estimate of drug-likeness (QED) is 0.879. The fraction of sp³-hybridized carbons (Fsp3) is 0.0833. The Labute approximate surface area is 100 Å². The van der Waals surface area contributed by atoms with Crippen molar-refractivity contribution in [1.82, 2.24) is 4.98 Å². The normalized spacial score (nSPS) is 11.4. The Morgan fingerprint density at radius 2 is 1.94 bits per heavy atom. The van der Waals surface area contributed by atoms with Crippen LogP contribution in [0.4, 0.5) is 0 Å². The molecule has 5 heteroatoms. The molecule has 0 radical (unpaired) electrons. The second kappa shape index (κ2) is 4.27. The van der Waals surface area contributed by atoms with Gasteiger partial charge in [0.2, 0.25) is 10.0 Å². The number of nitrogens with two attached hydrogens (primary N) is 1. The fourth-order valence-electron chi connectivity index (χ4n) is 1.60. The molecule has 17 heavy (non-hydrogen) atoms. The van der Waals surface area contributed by atoms with Crippen LogP contribution >= 0.6 is 0 Å². The van der Waals surface area contributed by atoms with Crippen LogP contribution in [-0.4, -0.2) is 13.4 Å². The molecule has 0 fully saturated rings. The molecule has 2 rings (SSSR count). The van der Waals surface area contributed by atoms with Gasteiger partial charge in [-0.25, -0.2) is 13.6 Å². The molecule has 0 bridgehead atoms. The van der Waals surface area contributed by atoms with Gasteiger partial charge in [0.05, 0.1) is 10.6 Å². The van der Waals surface area contributed by atoms with Gasteiger partial charge >= 0.3 is 0 Å². The van der Waals surface area contributed by atoms with E-state index in [4.69, 9.17) is 5.14 Å². The van der Waals surface area contributed by atoms with Crippen LogP contribution in [0.15, 0.2) is 47.5 Å². The van der Waals surface area contributed by atoms with Crippen LogP contribution in [0.25, 0.3) is 11.3 Å². The summed E-state index contributed by atoms with van der Waals surface area (Å²) in [7, 11) is -3.69. The summed E-state index contributed by atoms with van der Waals surface area (Å²) in [4.78, 5) is 4.31. The summed E-state index contributed by atoms with van der Waals surface area (Å²) >= 11 is 0. The third-order valence-electron chi connectivity index (χ3n) is 2.46. The zero-order valence-corrected chi connectivity index (χ0v) is 10.1. The van der Waals surface area contributed by atoms with Crippen molar-refractivity contribution >= 4 is 10.0 Å². The lowest BCUT2D eigenvalue weighted by atomic mass is 10.1. The van der Waals surface area contributed by atoms with Crippen molar-refractivity contribution in [3.05, 3.63) is 48.2 Å². The van der Waals surface area contributed by atoms with Crippen molar-refractivity contribution in [2.24, 2.45) is 5.14 Å². The van der Waals surface area contributed by atoms with E-state index in [1.807, 2.05) is 18.2 Å². The van der Waals surface area contributed by atoms with Crippen LogP contribution in [0.3, 0.4) is 0 Å². The number of aryl methyl sites for hydroxylation is 1. The first-order chi connectivity index (χ1) is 7.98. The molecule has 0 aliphatic rings. The molecule has 0 aliphatic heterocycles. The third-order valence-corrected chi connectivity index (χ3v) is 3.51. The Bertz CT molecular complexity index is 637. The standard InChI is InChI=1S/C12H12N2O2S/c1-9-5-6-10(8-12(9)17(13,15)16)11-4-2-3-7-14-11/h2-8H,1H3,(H2,13,15,16). The second-order valence-electron chi connectivity index (χ2n) is 3.74. The lowest BCUT2D eigenvalue weighted by molar-refractivity contribution is 0.597. The van der Waals surface area contributed by atoms with Gasteiger partial charge in [0.15, 0.2) is 0 Å². The van der Waals surface area contributed by atoms with Crippen LogP contribution in [0.2, 0.25) is 0 Å². The highest BCUT2D eigenvalue weighted by Gasteiger charge is 2.12. The Hall–Kier alpha value is -1.72. The van der Waals surface area contributed by atoms with Gasteiger partial charge in [-0.2, -0.15) is 0 Å². The molecule has 0 saturated carbocycles. The Morgan fingerprint density at radius 3 is 2.53 bits per heavy atom. The van der Waals surface area contributed by atoms with Crippen molar-refractivity contribution < 1.29 is 8.42 Å². The summed E-state index contributed by atoms with van der Waals surface area (Å²) in [6.07, 6.45) is 1.66. The molecule has 0 spiro atoms. The highest BCUT2D eigenvalue weighted by Crippen LogP contribution is 2.22. The Kier molecular flexibility index (Phi) is 2.95. The first-order valence-corrected chi connectivity index (χ1v) is 6.58. The highest BCUT2D eigenvalue weighted by atomic mass is 32.2. The topological polar surface area (TPSA) is 73.0 Å². The van der Waals surface area contributed by atoms with Gasteiger partial charge < -0.3 is 0 Å². The van der Waals surface area contributed by atoms with Crippen LogP contribution in [0, 0.1) is 6.92 Å². The summed E-state index contributed by atoms with van der Waals surface area (Å²) in [5.74, 6) is 0. The van der Waals surface area contributed by atoms with E-state index < -0.39 is 10.0 Å². The predicted molar refractivity (Wildman–Crippen MR) is 65.8 cm³/mol. The van der Waals surface area contributed by atoms with E-state index in [0.29, 0.717) is 5.56 Å². The van der Waals surface area contributed by atoms with Crippen LogP contribution in [0.1, 0.15) is 5.56 Å². The molecule has 0 amide bonds. The van der Waals surface area contributed by atoms with Crippen LogP contribution in [-0.2, 0) is 10.0 Å². The zero-order valence-electron chi connectivity index (χ0n) is 9.29. The third kappa shape index (κ3) is 2.51. The minimum absolute atomic E-state index is 0.139. The fourth-order valence-corrected chi connectivity index (χ4v) is 2.41. The molecule has 0 unspecified atom stereocenters. The lowest BCUT2D eigenvalue weighted by Gasteiger charge is -2.06. The number of primary sulfonamides is 1. The van der Waals surface area contributed by atoms with E-state index in [0.717, 1.165) is 11.3 Å².